The number of hydrogen-bond acceptors (Lipinski definition) is 7. The Morgan fingerprint density at radius 1 is 0.973 bits per heavy atom. The van der Waals surface area contributed by atoms with Crippen molar-refractivity contribution < 1.29 is 22.7 Å². The van der Waals surface area contributed by atoms with Crippen LogP contribution in [0.15, 0.2) is 77.7 Å². The zero-order valence-corrected chi connectivity index (χ0v) is 21.5. The number of nitrogen functional groups attached to an aromatic ring is 1. The normalized spacial score (nSPS) is 12.1. The van der Waals surface area contributed by atoms with E-state index < -0.39 is 33.5 Å². The Balaban J connectivity index is 1.70. The molecule has 0 bridgehead atoms. The number of nitrogens with two attached hydrogens (primary N) is 1. The fourth-order valence-electron chi connectivity index (χ4n) is 3.06. The van der Waals surface area contributed by atoms with Crippen molar-refractivity contribution in [2.45, 2.75) is 37.3 Å². The summed E-state index contributed by atoms with van der Waals surface area (Å²) >= 11 is 0. The van der Waals surface area contributed by atoms with Crippen molar-refractivity contribution >= 4 is 27.7 Å². The van der Waals surface area contributed by atoms with Gasteiger partial charge in [-0.2, -0.15) is 4.72 Å². The standard InChI is InChI=1S/C27H28N4O5S/c1-27(2,3)36-26(33)23(31-37(34,35)22-9-5-4-6-10-22)18-29-25(32)20-15-12-19(13-16-20)14-17-21-8-7-11-24(28)30-21/h4-13,15-16,23,31H,18H2,1-3H3,(H2,28,30)(H,29,32)/t23-/m0/s1. The molecule has 3 rings (SSSR count). The number of aromatic nitrogens is 1. The van der Waals surface area contributed by atoms with E-state index in [-0.39, 0.29) is 11.4 Å². The van der Waals surface area contributed by atoms with E-state index in [0.29, 0.717) is 22.6 Å². The van der Waals surface area contributed by atoms with Crippen LogP contribution in [0.3, 0.4) is 0 Å². The van der Waals surface area contributed by atoms with Crippen LogP contribution < -0.4 is 15.8 Å². The molecule has 1 atom stereocenters. The molecule has 0 saturated carbocycles. The molecule has 2 aromatic carbocycles. The molecular formula is C27H28N4O5S. The number of esters is 1. The minimum absolute atomic E-state index is 0.0139. The zero-order valence-electron chi connectivity index (χ0n) is 20.7. The highest BCUT2D eigenvalue weighted by Crippen LogP contribution is 2.12. The summed E-state index contributed by atoms with van der Waals surface area (Å²) in [6.45, 7) is 4.68. The van der Waals surface area contributed by atoms with E-state index in [9.17, 15) is 18.0 Å². The van der Waals surface area contributed by atoms with E-state index >= 15 is 0 Å². The van der Waals surface area contributed by atoms with E-state index in [1.54, 1.807) is 81.4 Å². The van der Waals surface area contributed by atoms with Gasteiger partial charge in [0.25, 0.3) is 5.91 Å². The lowest BCUT2D eigenvalue weighted by atomic mass is 10.1. The highest BCUT2D eigenvalue weighted by Gasteiger charge is 2.30. The number of carbonyl (C=O) groups is 2. The average molecular weight is 521 g/mol. The second-order valence-electron chi connectivity index (χ2n) is 9.01. The molecule has 0 aliphatic carbocycles. The van der Waals surface area contributed by atoms with Crippen LogP contribution in [0.25, 0.3) is 0 Å². The van der Waals surface area contributed by atoms with Crippen LogP contribution in [-0.4, -0.2) is 43.5 Å². The molecule has 0 aliphatic rings. The maximum Gasteiger partial charge on any atom is 0.326 e. The van der Waals surface area contributed by atoms with Crippen molar-refractivity contribution in [3.8, 4) is 11.8 Å². The summed E-state index contributed by atoms with van der Waals surface area (Å²) in [7, 11) is -4.04. The van der Waals surface area contributed by atoms with Gasteiger partial charge in [0, 0.05) is 17.7 Å². The van der Waals surface area contributed by atoms with Crippen molar-refractivity contribution in [2.24, 2.45) is 0 Å². The smallest absolute Gasteiger partial charge is 0.326 e. The van der Waals surface area contributed by atoms with Gasteiger partial charge in [-0.25, -0.2) is 13.4 Å². The summed E-state index contributed by atoms with van der Waals surface area (Å²) in [6, 6.07) is 17.9. The van der Waals surface area contributed by atoms with Gasteiger partial charge in [0.05, 0.1) is 4.90 Å². The Morgan fingerprint density at radius 3 is 2.27 bits per heavy atom. The van der Waals surface area contributed by atoms with Crippen LogP contribution in [0, 0.1) is 11.8 Å². The molecule has 1 aromatic heterocycles. The number of hydrogen-bond donors (Lipinski definition) is 3. The van der Waals surface area contributed by atoms with E-state index in [0.717, 1.165) is 0 Å². The van der Waals surface area contributed by atoms with Crippen LogP contribution in [0.4, 0.5) is 5.82 Å². The molecule has 4 N–H and O–H groups in total. The Bertz CT molecular complexity index is 1420. The molecule has 0 aliphatic heterocycles. The maximum atomic E-state index is 12.8. The molecule has 3 aromatic rings. The molecule has 10 heteroatoms. The van der Waals surface area contributed by atoms with Crippen molar-refractivity contribution in [3.63, 3.8) is 0 Å². The van der Waals surface area contributed by atoms with E-state index in [1.807, 2.05) is 0 Å². The Hall–Kier alpha value is -4.20. The molecule has 192 valence electrons. The minimum Gasteiger partial charge on any atom is -0.459 e. The molecule has 9 nitrogen and oxygen atoms in total. The van der Waals surface area contributed by atoms with Gasteiger partial charge < -0.3 is 15.8 Å². The Kier molecular flexibility index (Phi) is 8.65. The highest BCUT2D eigenvalue weighted by molar-refractivity contribution is 7.89. The topological polar surface area (TPSA) is 140 Å². The summed E-state index contributed by atoms with van der Waals surface area (Å²) < 4.78 is 33.3. The third-order valence-corrected chi connectivity index (χ3v) is 6.25. The van der Waals surface area contributed by atoms with Crippen LogP contribution >= 0.6 is 0 Å². The number of nitrogens with one attached hydrogen (secondary N) is 2. The molecule has 1 heterocycles. The largest absolute Gasteiger partial charge is 0.459 e. The zero-order chi connectivity index (χ0) is 27.1. The predicted octanol–water partition coefficient (Wildman–Crippen LogP) is 2.48. The summed E-state index contributed by atoms with van der Waals surface area (Å²) in [4.78, 5) is 29.6. The van der Waals surface area contributed by atoms with E-state index in [1.165, 1.54) is 12.1 Å². The first kappa shape index (κ1) is 27.4. The van der Waals surface area contributed by atoms with Gasteiger partial charge in [0.15, 0.2) is 0 Å². The number of rotatable bonds is 7. The highest BCUT2D eigenvalue weighted by atomic mass is 32.2. The summed E-state index contributed by atoms with van der Waals surface area (Å²) in [5.74, 6) is 4.91. The lowest BCUT2D eigenvalue weighted by molar-refractivity contribution is -0.156. The number of sulfonamides is 1. The van der Waals surface area contributed by atoms with Crippen molar-refractivity contribution in [3.05, 3.63) is 89.6 Å². The van der Waals surface area contributed by atoms with Gasteiger partial charge in [0.1, 0.15) is 23.2 Å². The predicted molar refractivity (Wildman–Crippen MR) is 140 cm³/mol. The second-order valence-corrected chi connectivity index (χ2v) is 10.7. The molecule has 0 saturated heterocycles. The second kappa shape index (κ2) is 11.7. The molecule has 37 heavy (non-hydrogen) atoms. The Morgan fingerprint density at radius 2 is 1.65 bits per heavy atom. The van der Waals surface area contributed by atoms with Gasteiger partial charge in [-0.05, 0) is 75.2 Å². The van der Waals surface area contributed by atoms with Gasteiger partial charge in [0.2, 0.25) is 10.0 Å². The molecule has 0 fully saturated rings. The first-order valence-electron chi connectivity index (χ1n) is 11.4. The summed E-state index contributed by atoms with van der Waals surface area (Å²) in [5.41, 5.74) is 6.28. The van der Waals surface area contributed by atoms with Crippen molar-refractivity contribution in [2.75, 3.05) is 12.3 Å². The lowest BCUT2D eigenvalue weighted by Gasteiger charge is -2.24. The average Bonchev–Trinajstić information content (AvgIpc) is 2.85. The van der Waals surface area contributed by atoms with Crippen LogP contribution in [0.5, 0.6) is 0 Å². The first-order valence-corrected chi connectivity index (χ1v) is 12.8. The molecule has 0 radical (unpaired) electrons. The number of benzene rings is 2. The monoisotopic (exact) mass is 520 g/mol. The third kappa shape index (κ3) is 8.45. The molecular weight excluding hydrogens is 492 g/mol. The maximum absolute atomic E-state index is 12.8. The number of anilines is 1. The number of ether oxygens (including phenoxy) is 1. The molecule has 0 spiro atoms. The quantitative estimate of drug-likeness (QED) is 0.321. The van der Waals surface area contributed by atoms with Gasteiger partial charge in [-0.3, -0.25) is 9.59 Å². The fourth-order valence-corrected chi connectivity index (χ4v) is 4.27. The number of pyridine rings is 1. The first-order chi connectivity index (χ1) is 17.4. The summed E-state index contributed by atoms with van der Waals surface area (Å²) in [6.07, 6.45) is 0. The van der Waals surface area contributed by atoms with Crippen LogP contribution in [0.2, 0.25) is 0 Å². The number of amides is 1. The van der Waals surface area contributed by atoms with Gasteiger partial charge in [-0.15, -0.1) is 0 Å². The minimum atomic E-state index is -4.04. The van der Waals surface area contributed by atoms with Crippen molar-refractivity contribution in [1.82, 2.24) is 15.0 Å². The van der Waals surface area contributed by atoms with E-state index in [4.69, 9.17) is 10.5 Å². The number of nitrogens with zero attached hydrogens (tertiary/aromatic N) is 1. The van der Waals surface area contributed by atoms with E-state index in [2.05, 4.69) is 26.9 Å². The lowest BCUT2D eigenvalue weighted by Crippen LogP contribution is -2.50. The molecule has 1 amide bonds. The Labute approximate surface area is 216 Å². The fraction of sp³-hybridized carbons (Fsp3) is 0.222. The molecule has 0 unspecified atom stereocenters. The van der Waals surface area contributed by atoms with Crippen molar-refractivity contribution in [1.29, 1.82) is 0 Å². The van der Waals surface area contributed by atoms with Gasteiger partial charge >= 0.3 is 5.97 Å². The van der Waals surface area contributed by atoms with Gasteiger partial charge in [-0.1, -0.05) is 30.2 Å². The third-order valence-electron chi connectivity index (χ3n) is 4.76. The van der Waals surface area contributed by atoms with Crippen LogP contribution in [-0.2, 0) is 19.6 Å². The summed E-state index contributed by atoms with van der Waals surface area (Å²) in [5, 5.41) is 2.60. The number of carbonyl (C=O) groups excluding carboxylic acids is 2. The van der Waals surface area contributed by atoms with Crippen LogP contribution in [0.1, 0.15) is 42.4 Å². The SMILES string of the molecule is CC(C)(C)OC(=O)[C@H](CNC(=O)c1ccc(C#Cc2cccc(N)n2)cc1)NS(=O)(=O)c1ccccc1.